The first kappa shape index (κ1) is 63.0. The number of aliphatic carboxylic acids is 1. The van der Waals surface area contributed by atoms with Crippen molar-refractivity contribution in [2.75, 3.05) is 37.9 Å². The molecule has 0 spiro atoms. The van der Waals surface area contributed by atoms with Crippen LogP contribution in [0.5, 0.6) is 0 Å². The molecule has 0 heterocycles. The summed E-state index contributed by atoms with van der Waals surface area (Å²) in [7, 11) is 2.66. The number of rotatable bonds is 23. The van der Waals surface area contributed by atoms with Gasteiger partial charge in [0.25, 0.3) is 11.8 Å². The van der Waals surface area contributed by atoms with Crippen LogP contribution in [0.1, 0.15) is 129 Å². The van der Waals surface area contributed by atoms with Crippen molar-refractivity contribution in [3.05, 3.63) is 148 Å². The minimum Gasteiger partial charge on any atom is -0.481 e. The Hall–Kier alpha value is -6.52. The maximum atomic E-state index is 13.4. The number of anilines is 2. The fourth-order valence-corrected chi connectivity index (χ4v) is 10.6. The number of methoxy groups -OCH3 is 2. The fourth-order valence-electron chi connectivity index (χ4n) is 9.43. The number of ether oxygens (including phenoxy) is 2. The molecule has 2 atom stereocenters. The molecule has 3 amide bonds. The zero-order valence-corrected chi connectivity index (χ0v) is 46.4. The molecule has 2 saturated carbocycles. The molecule has 2 aliphatic rings. The highest BCUT2D eigenvalue weighted by Gasteiger charge is 2.42. The number of carbonyl (C=O) groups excluding carboxylic acids is 5. The predicted molar refractivity (Wildman–Crippen MR) is 299 cm³/mol. The van der Waals surface area contributed by atoms with Crippen molar-refractivity contribution < 1.29 is 43.3 Å². The summed E-state index contributed by atoms with van der Waals surface area (Å²) in [6, 6.07) is 23.1. The van der Waals surface area contributed by atoms with Gasteiger partial charge in [0.2, 0.25) is 5.91 Å². The number of amides is 3. The predicted octanol–water partition coefficient (Wildman–Crippen LogP) is 14.2. The lowest BCUT2D eigenvalue weighted by Gasteiger charge is -2.30. The van der Waals surface area contributed by atoms with E-state index >= 15 is 0 Å². The van der Waals surface area contributed by atoms with Gasteiger partial charge in [0.1, 0.15) is 6.04 Å². The third-order valence-corrected chi connectivity index (χ3v) is 14.9. The number of esters is 2. The largest absolute Gasteiger partial charge is 0.481 e. The Morgan fingerprint density at radius 2 is 0.987 bits per heavy atom. The molecular weight excluding hydrogens is 1070 g/mol. The number of nitrogens with one attached hydrogen (secondary N) is 3. The second kappa shape index (κ2) is 32.3. The molecule has 2 unspecified atom stereocenters. The number of carbonyl (C=O) groups is 6. The average Bonchev–Trinajstić information content (AvgIpc) is 4.11. The number of benzene rings is 4. The number of unbranched alkanes of at least 4 members (excludes halogenated alkanes) is 2. The van der Waals surface area contributed by atoms with Crippen LogP contribution in [0.15, 0.2) is 95.2 Å². The van der Waals surface area contributed by atoms with E-state index in [1.807, 2.05) is 12.1 Å². The van der Waals surface area contributed by atoms with E-state index in [-0.39, 0.29) is 51.3 Å². The van der Waals surface area contributed by atoms with Gasteiger partial charge < -0.3 is 30.5 Å². The maximum absolute atomic E-state index is 13.4. The molecule has 2 aliphatic carbocycles. The third-order valence-electron chi connectivity index (χ3n) is 13.7. The molecule has 4 N–H and O–H groups in total. The van der Waals surface area contributed by atoms with E-state index in [2.05, 4.69) is 36.0 Å². The van der Waals surface area contributed by atoms with E-state index in [0.717, 1.165) is 88.2 Å². The summed E-state index contributed by atoms with van der Waals surface area (Å²) in [4.78, 5) is 79.0. The SMILES string of the molecule is COC(=O)C(C)Cc1ccc(NC(=O)c2c(Cl)cccc2Cl)cc1.COC(=O)C(Cc1ccc(NC(=O)c2c(Cl)cccc2Cl)cc1)NC(=O)C1(CCCCN=[N+]=[N-])CCCC1.[N-]=[N+]=NCCCCC1(C(=O)O)CCCC1. The number of hydrogen-bond donors (Lipinski definition) is 4. The molecule has 4 aromatic carbocycles. The fraction of sp³-hybridized carbons (Fsp3) is 0.455. The van der Waals surface area contributed by atoms with Crippen LogP contribution in [0, 0.1) is 16.7 Å². The van der Waals surface area contributed by atoms with Crippen molar-refractivity contribution in [1.29, 1.82) is 0 Å². The highest BCUT2D eigenvalue weighted by Crippen LogP contribution is 2.44. The number of hydrogen-bond acceptors (Lipinski definition) is 10. The molecule has 18 nitrogen and oxygen atoms in total. The molecule has 22 heteroatoms. The molecule has 6 rings (SSSR count). The number of azide groups is 2. The minimum absolute atomic E-state index is 0.144. The van der Waals surface area contributed by atoms with Crippen molar-refractivity contribution in [3.63, 3.8) is 0 Å². The van der Waals surface area contributed by atoms with E-state index < -0.39 is 34.7 Å². The molecule has 0 radical (unpaired) electrons. The summed E-state index contributed by atoms with van der Waals surface area (Å²) in [6.45, 7) is 2.69. The van der Waals surface area contributed by atoms with Crippen LogP contribution >= 0.6 is 46.4 Å². The normalized spacial score (nSPS) is 14.5. The van der Waals surface area contributed by atoms with Gasteiger partial charge in [-0.25, -0.2) is 4.79 Å². The molecule has 0 saturated heterocycles. The highest BCUT2D eigenvalue weighted by atomic mass is 35.5. The Morgan fingerprint density at radius 1 is 0.597 bits per heavy atom. The van der Waals surface area contributed by atoms with Crippen LogP contribution in [0.25, 0.3) is 20.9 Å². The summed E-state index contributed by atoms with van der Waals surface area (Å²) < 4.78 is 9.68. The monoisotopic (exact) mass is 1140 g/mol. The third kappa shape index (κ3) is 19.5. The molecule has 77 heavy (non-hydrogen) atoms. The molecule has 0 aliphatic heterocycles. The van der Waals surface area contributed by atoms with Crippen molar-refractivity contribution in [1.82, 2.24) is 5.32 Å². The van der Waals surface area contributed by atoms with Crippen LogP contribution in [0.3, 0.4) is 0 Å². The Labute approximate surface area is 468 Å². The van der Waals surface area contributed by atoms with E-state index in [9.17, 15) is 33.9 Å². The van der Waals surface area contributed by atoms with Gasteiger partial charge in [0.05, 0.1) is 56.8 Å². The van der Waals surface area contributed by atoms with Crippen LogP contribution in [0.2, 0.25) is 20.1 Å². The Kier molecular flexibility index (Phi) is 26.4. The molecule has 0 bridgehead atoms. The summed E-state index contributed by atoms with van der Waals surface area (Å²) >= 11 is 24.3. The smallest absolute Gasteiger partial charge is 0.328 e. The summed E-state index contributed by atoms with van der Waals surface area (Å²) in [5.41, 5.74) is 18.9. The lowest BCUT2D eigenvalue weighted by atomic mass is 9.79. The van der Waals surface area contributed by atoms with Gasteiger partial charge in [-0.3, -0.25) is 24.0 Å². The first-order chi connectivity index (χ1) is 36.9. The first-order valence-corrected chi connectivity index (χ1v) is 26.8. The van der Waals surface area contributed by atoms with Crippen molar-refractivity contribution in [3.8, 4) is 0 Å². The second-order valence-electron chi connectivity index (χ2n) is 19.0. The van der Waals surface area contributed by atoms with Crippen molar-refractivity contribution in [2.45, 2.75) is 116 Å². The van der Waals surface area contributed by atoms with Crippen LogP contribution < -0.4 is 16.0 Å². The molecule has 0 aromatic heterocycles. The lowest BCUT2D eigenvalue weighted by molar-refractivity contribution is -0.149. The minimum atomic E-state index is -0.851. The Bertz CT molecular complexity index is 2700. The first-order valence-electron chi connectivity index (χ1n) is 25.3. The molecule has 2 fully saturated rings. The number of carboxylic acid groups (broad SMARTS) is 1. The van der Waals surface area contributed by atoms with Crippen LogP contribution in [-0.2, 0) is 41.5 Å². The van der Waals surface area contributed by atoms with Gasteiger partial charge in [0.15, 0.2) is 0 Å². The zero-order chi connectivity index (χ0) is 56.4. The topological polar surface area (TPSA) is 275 Å². The second-order valence-corrected chi connectivity index (χ2v) is 20.6. The van der Waals surface area contributed by atoms with Gasteiger partial charge in [0, 0.05) is 46.1 Å². The summed E-state index contributed by atoms with van der Waals surface area (Å²) in [6.07, 6.45) is 12.4. The van der Waals surface area contributed by atoms with Crippen molar-refractivity contribution in [2.24, 2.45) is 27.0 Å². The quantitative estimate of drug-likeness (QED) is 0.0180. The van der Waals surface area contributed by atoms with Gasteiger partial charge in [-0.15, -0.1) is 0 Å². The van der Waals surface area contributed by atoms with E-state index in [1.54, 1.807) is 79.7 Å². The standard InChI is InChI=1S/C27H31Cl2N5O4.C18H17Cl2NO3.C10H17N3O2/c1-38-25(36)22(33-26(37)27(13-2-3-14-27)15-4-5-16-31-34-30)17-18-9-11-19(12-10-18)32-24(35)23-20(28)7-6-8-21(23)29;1-11(18(23)24-2)10-12-6-8-13(9-7-12)21-17(22)16-14(19)4-3-5-15(16)20;11-13-12-8-4-3-7-10(9(14)15)5-1-2-6-10/h6-12,22H,2-5,13-17H2,1H3,(H,32,35)(H,33,37);3-9,11H,10H2,1-2H3,(H,21,22);1-8H2,(H,14,15). The zero-order valence-electron chi connectivity index (χ0n) is 43.4. The number of carboxylic acids is 1. The maximum Gasteiger partial charge on any atom is 0.328 e. The molecule has 412 valence electrons. The number of nitrogens with zero attached hydrogens (tertiary/aromatic N) is 6. The van der Waals surface area contributed by atoms with Gasteiger partial charge >= 0.3 is 17.9 Å². The van der Waals surface area contributed by atoms with Gasteiger partial charge in [-0.05, 0) is 129 Å². The summed E-state index contributed by atoms with van der Waals surface area (Å²) in [5.74, 6) is -2.60. The lowest BCUT2D eigenvalue weighted by Crippen LogP contribution is -2.49. The number of halogens is 4. The highest BCUT2D eigenvalue weighted by molar-refractivity contribution is 6.41. The van der Waals surface area contributed by atoms with Crippen molar-refractivity contribution >= 4 is 93.4 Å². The van der Waals surface area contributed by atoms with Gasteiger partial charge in [-0.2, -0.15) is 0 Å². The average molecular weight is 1140 g/mol. The summed E-state index contributed by atoms with van der Waals surface area (Å²) in [5, 5.41) is 25.7. The van der Waals surface area contributed by atoms with E-state index in [4.69, 9.17) is 66.9 Å². The van der Waals surface area contributed by atoms with Gasteiger partial charge in [-0.1, -0.05) is 138 Å². The molecule has 4 aromatic rings. The van der Waals surface area contributed by atoms with E-state index in [0.29, 0.717) is 53.8 Å². The van der Waals surface area contributed by atoms with E-state index in [1.165, 1.54) is 14.2 Å². The Balaban J connectivity index is 0.000000278. The van der Waals surface area contributed by atoms with Crippen LogP contribution in [-0.4, -0.2) is 74.1 Å². The molecular formula is C55H65Cl4N9O9. The van der Waals surface area contributed by atoms with Crippen LogP contribution in [0.4, 0.5) is 11.4 Å². The Morgan fingerprint density at radius 3 is 1.38 bits per heavy atom.